The van der Waals surface area contributed by atoms with Crippen LogP contribution in [0.15, 0.2) is 292 Å². The Balaban J connectivity index is 0.000000133. The number of aryl methyl sites for hydroxylation is 12. The number of benzene rings is 12. The van der Waals surface area contributed by atoms with Crippen molar-refractivity contribution in [3.63, 3.8) is 0 Å². The van der Waals surface area contributed by atoms with Crippen LogP contribution in [0.2, 0.25) is 0 Å². The van der Waals surface area contributed by atoms with E-state index in [1.807, 2.05) is 144 Å². The summed E-state index contributed by atoms with van der Waals surface area (Å²) in [5.41, 5.74) is 25.8. The Kier molecular flexibility index (Phi) is 20.1. The number of rotatable bonds is 11. The summed E-state index contributed by atoms with van der Waals surface area (Å²) in [4.78, 5) is 0. The highest BCUT2D eigenvalue weighted by Gasteiger charge is 2.29. The van der Waals surface area contributed by atoms with Crippen LogP contribution in [0.3, 0.4) is 0 Å². The van der Waals surface area contributed by atoms with Gasteiger partial charge in [0, 0.05) is 89.3 Å². The van der Waals surface area contributed by atoms with Crippen LogP contribution in [0.1, 0.15) is 223 Å². The van der Waals surface area contributed by atoms with Crippen LogP contribution in [-0.4, -0.2) is 0 Å². The molecule has 0 radical (unpaired) electrons. The average molecular weight is 1630 g/mol. The lowest BCUT2D eigenvalue weighted by Gasteiger charge is -2.34. The number of aromatic nitrogens is 4. The SMILES string of the molecule is [2H]C([2H])([2H])c1c[n+](C)c(-c2ccccc2C)cc1-c1ccc2cc(C(C)(C)C)ccc2c1.[2H]C([2H])([2H])c1c[n+](C)c(-c2ccccc2C)cc1-c1ccc2cc(C3([2H])CCC(C)(C)CC3)ccc2c1.[2H]C([2H])([2H])c1c[n+](C)c(-c2ccccc2C)cc1-c1ccc2cc(C3([2H])CCCC3)ccc2c1.[2H]C([2H])([2H])c1c[n+](C)c(-c2ccccc2C)cc1-c1ccc2cc(C3([2H])CCCCC3)ccc2c1. The van der Waals surface area contributed by atoms with Crippen LogP contribution in [0.5, 0.6) is 0 Å². The van der Waals surface area contributed by atoms with Gasteiger partial charge in [-0.05, 0) is 316 Å². The molecule has 3 aliphatic rings. The lowest BCUT2D eigenvalue weighted by molar-refractivity contribution is -0.660. The quantitative estimate of drug-likeness (QED) is 0.115. The maximum absolute atomic E-state index is 9.16. The molecule has 16 aromatic rings. The van der Waals surface area contributed by atoms with E-state index in [2.05, 4.69) is 232 Å². The Hall–Kier alpha value is -11.7. The van der Waals surface area contributed by atoms with Gasteiger partial charge in [-0.1, -0.05) is 261 Å². The number of hydrogen-bond acceptors (Lipinski definition) is 0. The minimum absolute atomic E-state index is 0.0813. The molecule has 3 fully saturated rings. The highest BCUT2D eigenvalue weighted by atomic mass is 14.9. The van der Waals surface area contributed by atoms with Gasteiger partial charge in [0.1, 0.15) is 28.2 Å². The van der Waals surface area contributed by atoms with Gasteiger partial charge in [-0.3, -0.25) is 0 Å². The molecule has 0 unspecified atom stereocenters. The van der Waals surface area contributed by atoms with E-state index in [4.69, 9.17) is 20.6 Å². The molecule has 3 saturated carbocycles. The third-order valence-corrected chi connectivity index (χ3v) is 26.3. The van der Waals surface area contributed by atoms with Gasteiger partial charge < -0.3 is 0 Å². The van der Waals surface area contributed by atoms with Gasteiger partial charge in [-0.15, -0.1) is 0 Å². The van der Waals surface area contributed by atoms with Crippen LogP contribution in [-0.2, 0) is 33.6 Å². The monoisotopic (exact) mass is 1630 g/mol. The first kappa shape index (κ1) is 67.8. The first-order chi connectivity index (χ1) is 65.1. The molecule has 0 N–H and O–H groups in total. The minimum Gasteiger partial charge on any atom is -0.201 e. The largest absolute Gasteiger partial charge is 0.213 e. The summed E-state index contributed by atoms with van der Waals surface area (Å²) in [7, 11) is 7.63. The molecule has 0 spiro atoms. The van der Waals surface area contributed by atoms with E-state index in [0.717, 1.165) is 249 Å². The molecule has 3 aliphatic carbocycles. The van der Waals surface area contributed by atoms with Crippen molar-refractivity contribution >= 4 is 43.1 Å². The molecule has 0 atom stereocenters. The second kappa shape index (κ2) is 36.4. The predicted octanol–water partition coefficient (Wildman–Crippen LogP) is 30.1. The number of fused-ring (bicyclic) bond motifs is 4. The Bertz CT molecular complexity index is 7290. The molecule has 123 heavy (non-hydrogen) atoms. The molecule has 4 heteroatoms. The van der Waals surface area contributed by atoms with Crippen molar-refractivity contribution in [2.24, 2.45) is 33.6 Å². The van der Waals surface area contributed by atoms with Gasteiger partial charge in [0.25, 0.3) is 0 Å². The zero-order valence-electron chi connectivity index (χ0n) is 89.2. The summed E-state index contributed by atoms with van der Waals surface area (Å²) in [5, 5.41) is 8.74. The van der Waals surface area contributed by atoms with Crippen LogP contribution in [0.25, 0.3) is 133 Å². The summed E-state index contributed by atoms with van der Waals surface area (Å²) in [6.45, 7) is 10.6. The predicted molar refractivity (Wildman–Crippen MR) is 523 cm³/mol. The Morgan fingerprint density at radius 2 is 0.528 bits per heavy atom. The summed E-state index contributed by atoms with van der Waals surface area (Å²) in [5.74, 6) is -1.50. The molecular weight excluding hydrogens is 1490 g/mol. The fourth-order valence-electron chi connectivity index (χ4n) is 18.7. The second-order valence-electron chi connectivity index (χ2n) is 36.7. The molecular formula is C119H128N4+4. The molecule has 4 aromatic heterocycles. The highest BCUT2D eigenvalue weighted by Crippen LogP contribution is 2.45. The summed E-state index contributed by atoms with van der Waals surface area (Å²) in [6.07, 6.45) is 20.3. The first-order valence-corrected chi connectivity index (χ1v) is 44.2. The lowest BCUT2D eigenvalue weighted by atomic mass is 9.71. The fourth-order valence-corrected chi connectivity index (χ4v) is 18.7. The smallest absolute Gasteiger partial charge is 0.201 e. The topological polar surface area (TPSA) is 15.5 Å². The van der Waals surface area contributed by atoms with Crippen LogP contribution >= 0.6 is 0 Å². The van der Waals surface area contributed by atoms with Gasteiger partial charge in [-0.2, -0.15) is 0 Å². The molecule has 0 saturated heterocycles. The summed E-state index contributed by atoms with van der Waals surface area (Å²) < 4.78 is 133. The Morgan fingerprint density at radius 1 is 0.276 bits per heavy atom. The van der Waals surface area contributed by atoms with Gasteiger partial charge >= 0.3 is 0 Å². The molecule has 0 bridgehead atoms. The van der Waals surface area contributed by atoms with Crippen molar-refractivity contribution < 1.29 is 38.8 Å². The number of nitrogens with zero attached hydrogens (tertiary/aromatic N) is 4. The van der Waals surface area contributed by atoms with Crippen molar-refractivity contribution in [1.82, 2.24) is 0 Å². The van der Waals surface area contributed by atoms with E-state index in [1.54, 1.807) is 24.8 Å². The van der Waals surface area contributed by atoms with Gasteiger partial charge in [0.2, 0.25) is 22.8 Å². The molecule has 4 nitrogen and oxygen atoms in total. The summed E-state index contributed by atoms with van der Waals surface area (Å²) >= 11 is 0. The van der Waals surface area contributed by atoms with Gasteiger partial charge in [0.05, 0.1) is 0 Å². The molecule has 0 amide bonds. The van der Waals surface area contributed by atoms with Crippen LogP contribution in [0.4, 0.5) is 0 Å². The van der Waals surface area contributed by atoms with E-state index in [1.165, 1.54) is 12.0 Å². The zero-order valence-corrected chi connectivity index (χ0v) is 74.2. The fraction of sp³-hybridized carbons (Fsp3) is 0.294. The molecule has 12 aromatic carbocycles. The van der Waals surface area contributed by atoms with Crippen molar-refractivity contribution in [2.75, 3.05) is 0 Å². The van der Waals surface area contributed by atoms with Crippen molar-refractivity contribution in [3.05, 3.63) is 358 Å². The maximum atomic E-state index is 9.16. The maximum Gasteiger partial charge on any atom is 0.213 e. The van der Waals surface area contributed by atoms with Gasteiger partial charge in [0.15, 0.2) is 24.8 Å². The average Bonchev–Trinajstić information content (AvgIpc) is 1.08. The lowest BCUT2D eigenvalue weighted by Crippen LogP contribution is -2.31. The van der Waals surface area contributed by atoms with E-state index >= 15 is 0 Å². The molecule has 620 valence electrons. The van der Waals surface area contributed by atoms with Crippen LogP contribution in [0, 0.1) is 60.5 Å². The van der Waals surface area contributed by atoms with Crippen molar-refractivity contribution in [3.8, 4) is 89.5 Å². The second-order valence-corrected chi connectivity index (χ2v) is 36.7. The molecule has 19 rings (SSSR count). The number of hydrogen-bond donors (Lipinski definition) is 0. The minimum atomic E-state index is -2.23. The van der Waals surface area contributed by atoms with E-state index in [0.29, 0.717) is 27.7 Å². The van der Waals surface area contributed by atoms with E-state index in [9.17, 15) is 0 Å². The number of pyridine rings is 4. The van der Waals surface area contributed by atoms with Crippen molar-refractivity contribution in [1.29, 1.82) is 0 Å². The third kappa shape index (κ3) is 18.9. The summed E-state index contributed by atoms with van der Waals surface area (Å²) in [6, 6.07) is 91.2. The third-order valence-electron chi connectivity index (χ3n) is 26.3. The highest BCUT2D eigenvalue weighted by molar-refractivity contribution is 5.93. The van der Waals surface area contributed by atoms with E-state index < -0.39 is 45.1 Å². The van der Waals surface area contributed by atoms with Gasteiger partial charge in [-0.25, -0.2) is 18.3 Å². The Labute approximate surface area is 755 Å². The molecule has 4 heterocycles. The van der Waals surface area contributed by atoms with Crippen molar-refractivity contribution in [2.45, 2.75) is 196 Å². The Morgan fingerprint density at radius 3 is 0.813 bits per heavy atom. The zero-order chi connectivity index (χ0) is 98.7. The first-order valence-electron chi connectivity index (χ1n) is 51.7. The molecule has 0 aliphatic heterocycles. The normalized spacial score (nSPS) is 17.4. The van der Waals surface area contributed by atoms with Crippen LogP contribution < -0.4 is 18.3 Å². The van der Waals surface area contributed by atoms with E-state index in [-0.39, 0.29) is 5.41 Å². The standard InChI is InChI=1S/C32H36N.C30H32N.C29H30N.C28H30N/c1-22-8-6-7-9-29(22)31-20-30(23(2)21-33(31)5)28-13-12-26-18-25(10-11-27(26)19-28)24-14-16-32(3,4)17-15-24;1-21-9-7-8-12-28(21)30-19-29(22(2)20-31(30)3)27-16-15-25-17-24(13-14-26(25)18-27)23-10-5-4-6-11-23;1-20-8-4-7-11-27(20)29-18-28(21(2)19-30(29)3)26-15-14-24-16-23(12-13-25(24)17-26)22-9-5-6-10-22;1-19-9-7-8-10-25(19)27-17-26(20(2)18-29(27)6)23-12-11-22-16-24(28(3,4)5)14-13-21(22)15-23/h6-13,18-21,24H,14-17H2,1-5H3;7-9,12-20,23H,4-6,10-11H2,1-3H3;4,7-8,11-19,22H,5-6,9-10H2,1-3H3;7-18H,1-6H3/q4*+1/i2D3,24D;2D3,23D;2D3,22D;2D3.